The maximum atomic E-state index is 5.54. The second-order valence-electron chi connectivity index (χ2n) is 4.96. The van der Waals surface area contributed by atoms with E-state index in [1.807, 2.05) is 6.07 Å². The Bertz CT molecular complexity index is 393. The van der Waals surface area contributed by atoms with Crippen molar-refractivity contribution < 1.29 is 4.74 Å². The number of hydrogen-bond donors (Lipinski definition) is 1. The molecule has 1 aromatic rings. The fourth-order valence-electron chi connectivity index (χ4n) is 2.01. The van der Waals surface area contributed by atoms with Crippen molar-refractivity contribution in [1.82, 2.24) is 5.32 Å². The van der Waals surface area contributed by atoms with Crippen LogP contribution in [-0.4, -0.2) is 13.2 Å². The number of halogens is 1. The summed E-state index contributed by atoms with van der Waals surface area (Å²) >= 11 is 3.54. The highest BCUT2D eigenvalue weighted by atomic mass is 79.9. The molecule has 1 rings (SSSR count). The van der Waals surface area contributed by atoms with Gasteiger partial charge >= 0.3 is 0 Å². The maximum Gasteiger partial charge on any atom is 0.133 e. The lowest BCUT2D eigenvalue weighted by molar-refractivity contribution is 0.361. The summed E-state index contributed by atoms with van der Waals surface area (Å²) < 4.78 is 6.54. The van der Waals surface area contributed by atoms with E-state index < -0.39 is 0 Å². The second kappa shape index (κ2) is 10.9. The lowest BCUT2D eigenvalue weighted by Gasteiger charge is -2.09. The lowest BCUT2D eigenvalue weighted by Crippen LogP contribution is -2.14. The number of hydrogen-bond acceptors (Lipinski definition) is 2. The van der Waals surface area contributed by atoms with Gasteiger partial charge in [-0.2, -0.15) is 0 Å². The molecule has 2 nitrogen and oxygen atoms in total. The van der Waals surface area contributed by atoms with Crippen LogP contribution >= 0.6 is 15.9 Å². The van der Waals surface area contributed by atoms with Crippen LogP contribution in [0.1, 0.15) is 44.6 Å². The Morgan fingerprint density at radius 2 is 2.05 bits per heavy atom. The summed E-state index contributed by atoms with van der Waals surface area (Å²) in [4.78, 5) is 0. The summed E-state index contributed by atoms with van der Waals surface area (Å²) in [5, 5.41) is 3.49. The van der Waals surface area contributed by atoms with Crippen LogP contribution in [0, 0.1) is 0 Å². The topological polar surface area (TPSA) is 21.3 Å². The third kappa shape index (κ3) is 7.11. The van der Waals surface area contributed by atoms with E-state index in [0.717, 1.165) is 23.3 Å². The van der Waals surface area contributed by atoms with Crippen LogP contribution in [0.5, 0.6) is 5.75 Å². The number of benzene rings is 1. The van der Waals surface area contributed by atoms with Crippen molar-refractivity contribution in [2.24, 2.45) is 0 Å². The number of rotatable bonds is 11. The van der Waals surface area contributed by atoms with E-state index in [4.69, 9.17) is 4.74 Å². The van der Waals surface area contributed by atoms with Gasteiger partial charge in [0.15, 0.2) is 0 Å². The van der Waals surface area contributed by atoms with E-state index in [-0.39, 0.29) is 0 Å². The zero-order chi connectivity index (χ0) is 14.6. The molecule has 1 N–H and O–H groups in total. The van der Waals surface area contributed by atoms with Gasteiger partial charge in [0.05, 0.1) is 4.47 Å². The molecule has 0 spiro atoms. The fraction of sp³-hybridized carbons (Fsp3) is 0.529. The third-order valence-corrected chi connectivity index (χ3v) is 3.76. The molecule has 0 bridgehead atoms. The molecule has 0 amide bonds. The molecule has 20 heavy (non-hydrogen) atoms. The van der Waals surface area contributed by atoms with E-state index in [1.165, 1.54) is 37.7 Å². The van der Waals surface area contributed by atoms with Crippen LogP contribution in [0.15, 0.2) is 35.3 Å². The fourth-order valence-corrected chi connectivity index (χ4v) is 2.55. The molecule has 0 aliphatic heterocycles. The minimum atomic E-state index is 0.536. The quantitative estimate of drug-likeness (QED) is 0.448. The SMILES string of the molecule is C=CCOc1ccc(CNCCCCCCC)cc1Br. The van der Waals surface area contributed by atoms with Gasteiger partial charge in [-0.3, -0.25) is 0 Å². The van der Waals surface area contributed by atoms with Crippen molar-refractivity contribution >= 4 is 15.9 Å². The molecule has 0 aliphatic rings. The van der Waals surface area contributed by atoms with Crippen molar-refractivity contribution in [3.05, 3.63) is 40.9 Å². The highest BCUT2D eigenvalue weighted by Gasteiger charge is 2.02. The molecule has 0 atom stereocenters. The third-order valence-electron chi connectivity index (χ3n) is 3.14. The van der Waals surface area contributed by atoms with E-state index in [2.05, 4.69) is 46.9 Å². The van der Waals surface area contributed by atoms with Crippen molar-refractivity contribution in [2.45, 2.75) is 45.6 Å². The summed E-state index contributed by atoms with van der Waals surface area (Å²) in [5.41, 5.74) is 1.27. The maximum absolute atomic E-state index is 5.54. The Hall–Kier alpha value is -0.800. The van der Waals surface area contributed by atoms with Gasteiger partial charge < -0.3 is 10.1 Å². The van der Waals surface area contributed by atoms with Crippen LogP contribution in [0.3, 0.4) is 0 Å². The Kier molecular flexibility index (Phi) is 9.42. The summed E-state index contributed by atoms with van der Waals surface area (Å²) in [6, 6.07) is 6.22. The Labute approximate surface area is 131 Å². The summed E-state index contributed by atoms with van der Waals surface area (Å²) in [5.74, 6) is 0.869. The molecular weight excluding hydrogens is 314 g/mol. The van der Waals surface area contributed by atoms with Gasteiger partial charge in [0.25, 0.3) is 0 Å². The molecule has 0 heterocycles. The average Bonchev–Trinajstić information content (AvgIpc) is 2.45. The molecule has 0 unspecified atom stereocenters. The first-order chi connectivity index (χ1) is 9.77. The minimum absolute atomic E-state index is 0.536. The zero-order valence-corrected chi connectivity index (χ0v) is 14.0. The summed E-state index contributed by atoms with van der Waals surface area (Å²) in [6.45, 7) is 8.44. The van der Waals surface area contributed by atoms with E-state index >= 15 is 0 Å². The standard InChI is InChI=1S/C17H26BrNO/c1-3-5-6-7-8-11-19-14-15-9-10-17(16(18)13-15)20-12-4-2/h4,9-10,13,19H,2-3,5-8,11-12,14H2,1H3. The van der Waals surface area contributed by atoms with Gasteiger partial charge in [-0.1, -0.05) is 51.3 Å². The highest BCUT2D eigenvalue weighted by molar-refractivity contribution is 9.10. The summed E-state index contributed by atoms with van der Waals surface area (Å²) in [7, 11) is 0. The molecule has 0 saturated carbocycles. The van der Waals surface area contributed by atoms with Crippen molar-refractivity contribution in [2.75, 3.05) is 13.2 Å². The first kappa shape index (κ1) is 17.3. The van der Waals surface area contributed by atoms with Gasteiger partial charge in [-0.05, 0) is 46.6 Å². The molecule has 0 saturated heterocycles. The van der Waals surface area contributed by atoms with Crippen LogP contribution in [0.2, 0.25) is 0 Å². The second-order valence-corrected chi connectivity index (χ2v) is 5.81. The van der Waals surface area contributed by atoms with Crippen molar-refractivity contribution in [1.29, 1.82) is 0 Å². The Morgan fingerprint density at radius 1 is 1.25 bits per heavy atom. The normalized spacial score (nSPS) is 10.5. The molecule has 1 aromatic carbocycles. The van der Waals surface area contributed by atoms with E-state index in [1.54, 1.807) is 6.08 Å². The van der Waals surface area contributed by atoms with E-state index in [9.17, 15) is 0 Å². The number of unbranched alkanes of at least 4 members (excludes halogenated alkanes) is 4. The van der Waals surface area contributed by atoms with Crippen LogP contribution in [-0.2, 0) is 6.54 Å². The first-order valence-electron chi connectivity index (χ1n) is 7.50. The highest BCUT2D eigenvalue weighted by Crippen LogP contribution is 2.26. The monoisotopic (exact) mass is 339 g/mol. The van der Waals surface area contributed by atoms with Gasteiger partial charge in [-0.25, -0.2) is 0 Å². The van der Waals surface area contributed by atoms with Crippen LogP contribution in [0.4, 0.5) is 0 Å². The van der Waals surface area contributed by atoms with Gasteiger partial charge in [0.1, 0.15) is 12.4 Å². The average molecular weight is 340 g/mol. The van der Waals surface area contributed by atoms with Crippen LogP contribution in [0.25, 0.3) is 0 Å². The predicted octanol–water partition coefficient (Wildman–Crippen LogP) is 5.07. The number of ether oxygens (including phenoxy) is 1. The minimum Gasteiger partial charge on any atom is -0.488 e. The number of nitrogens with one attached hydrogen (secondary N) is 1. The molecule has 3 heteroatoms. The first-order valence-corrected chi connectivity index (χ1v) is 8.30. The lowest BCUT2D eigenvalue weighted by atomic mass is 10.1. The predicted molar refractivity (Wildman–Crippen MR) is 90.3 cm³/mol. The van der Waals surface area contributed by atoms with Crippen molar-refractivity contribution in [3.63, 3.8) is 0 Å². The zero-order valence-electron chi connectivity index (χ0n) is 12.5. The van der Waals surface area contributed by atoms with Gasteiger partial charge in [0.2, 0.25) is 0 Å². The molecular formula is C17H26BrNO. The largest absolute Gasteiger partial charge is 0.488 e. The van der Waals surface area contributed by atoms with Crippen molar-refractivity contribution in [3.8, 4) is 5.75 Å². The van der Waals surface area contributed by atoms with E-state index in [0.29, 0.717) is 6.61 Å². The molecule has 0 fully saturated rings. The van der Waals surface area contributed by atoms with Crippen LogP contribution < -0.4 is 10.1 Å². The smallest absolute Gasteiger partial charge is 0.133 e. The van der Waals surface area contributed by atoms with Gasteiger partial charge in [0, 0.05) is 6.54 Å². The van der Waals surface area contributed by atoms with Gasteiger partial charge in [-0.15, -0.1) is 0 Å². The molecule has 0 radical (unpaired) electrons. The molecule has 0 aromatic heterocycles. The molecule has 112 valence electrons. The Morgan fingerprint density at radius 3 is 2.75 bits per heavy atom. The molecule has 0 aliphatic carbocycles. The Balaban J connectivity index is 2.23. The summed E-state index contributed by atoms with van der Waals surface area (Å²) in [6.07, 6.45) is 8.38.